The van der Waals surface area contributed by atoms with Gasteiger partial charge in [-0.1, -0.05) is 31.5 Å². The maximum Gasteiger partial charge on any atom is 0.0457 e. The van der Waals surface area contributed by atoms with Crippen molar-refractivity contribution >= 4 is 5.69 Å². The topological polar surface area (TPSA) is 15.3 Å². The molecule has 92 valence electrons. The summed E-state index contributed by atoms with van der Waals surface area (Å²) in [5, 5.41) is 3.56. The van der Waals surface area contributed by atoms with E-state index in [1.165, 1.54) is 30.6 Å². The predicted octanol–water partition coefficient (Wildman–Crippen LogP) is 2.44. The minimum absolute atomic E-state index is 0.659. The molecule has 2 heteroatoms. The third-order valence-electron chi connectivity index (χ3n) is 4.45. The summed E-state index contributed by atoms with van der Waals surface area (Å²) in [5.74, 6) is 0.809. The van der Waals surface area contributed by atoms with Crippen molar-refractivity contribution in [3.05, 3.63) is 29.8 Å². The van der Waals surface area contributed by atoms with Crippen LogP contribution in [-0.4, -0.2) is 25.2 Å². The quantitative estimate of drug-likeness (QED) is 0.839. The molecule has 0 amide bonds. The average Bonchev–Trinajstić information content (AvgIpc) is 2.90. The Kier molecular flexibility index (Phi) is 2.83. The standard InChI is InChI=1S/C15H22N2/c1-3-12-9-16-10-15(12)17-11(2)8-13-6-4-5-7-14(13)17/h4-7,11-12,15-16H,3,8-10H2,1-2H3. The fraction of sp³-hybridized carbons (Fsp3) is 0.600. The summed E-state index contributed by atoms with van der Waals surface area (Å²) in [6.45, 7) is 7.02. The van der Waals surface area contributed by atoms with E-state index < -0.39 is 0 Å². The van der Waals surface area contributed by atoms with Gasteiger partial charge in [0.15, 0.2) is 0 Å². The lowest BCUT2D eigenvalue weighted by Gasteiger charge is -2.34. The molecule has 0 bridgehead atoms. The minimum Gasteiger partial charge on any atom is -0.364 e. The van der Waals surface area contributed by atoms with Crippen LogP contribution < -0.4 is 10.2 Å². The van der Waals surface area contributed by atoms with Crippen LogP contribution in [0.2, 0.25) is 0 Å². The SMILES string of the molecule is CCC1CNCC1N1c2ccccc2CC1C. The summed E-state index contributed by atoms with van der Waals surface area (Å²) >= 11 is 0. The van der Waals surface area contributed by atoms with Gasteiger partial charge in [0.25, 0.3) is 0 Å². The average molecular weight is 230 g/mol. The zero-order valence-corrected chi connectivity index (χ0v) is 10.8. The van der Waals surface area contributed by atoms with Crippen LogP contribution in [0.3, 0.4) is 0 Å². The molecule has 1 fully saturated rings. The summed E-state index contributed by atoms with van der Waals surface area (Å²) in [6, 6.07) is 10.3. The number of nitrogens with zero attached hydrogens (tertiary/aromatic N) is 1. The third kappa shape index (κ3) is 1.75. The molecule has 2 nitrogen and oxygen atoms in total. The molecule has 17 heavy (non-hydrogen) atoms. The Balaban J connectivity index is 1.92. The van der Waals surface area contributed by atoms with E-state index in [-0.39, 0.29) is 0 Å². The van der Waals surface area contributed by atoms with Gasteiger partial charge in [-0.3, -0.25) is 0 Å². The van der Waals surface area contributed by atoms with Crippen LogP contribution >= 0.6 is 0 Å². The highest BCUT2D eigenvalue weighted by molar-refractivity contribution is 5.60. The van der Waals surface area contributed by atoms with Gasteiger partial charge < -0.3 is 10.2 Å². The number of para-hydroxylation sites is 1. The number of hydrogen-bond donors (Lipinski definition) is 1. The number of rotatable bonds is 2. The van der Waals surface area contributed by atoms with Crippen molar-refractivity contribution in [2.45, 2.75) is 38.8 Å². The first kappa shape index (κ1) is 11.1. The van der Waals surface area contributed by atoms with E-state index in [0.717, 1.165) is 12.5 Å². The van der Waals surface area contributed by atoms with Crippen LogP contribution in [0.4, 0.5) is 5.69 Å². The Morgan fingerprint density at radius 3 is 2.94 bits per heavy atom. The molecule has 3 rings (SSSR count). The van der Waals surface area contributed by atoms with E-state index in [9.17, 15) is 0 Å². The molecular formula is C15H22N2. The van der Waals surface area contributed by atoms with E-state index >= 15 is 0 Å². The maximum absolute atomic E-state index is 3.56. The smallest absolute Gasteiger partial charge is 0.0457 e. The second-order valence-electron chi connectivity index (χ2n) is 5.48. The fourth-order valence-electron chi connectivity index (χ4n) is 3.56. The van der Waals surface area contributed by atoms with Crippen LogP contribution in [0, 0.1) is 5.92 Å². The molecule has 1 aromatic carbocycles. The lowest BCUT2D eigenvalue weighted by molar-refractivity contribution is 0.445. The molecule has 0 spiro atoms. The highest BCUT2D eigenvalue weighted by atomic mass is 15.2. The number of anilines is 1. The van der Waals surface area contributed by atoms with Gasteiger partial charge in [-0.25, -0.2) is 0 Å². The second kappa shape index (κ2) is 4.34. The third-order valence-corrected chi connectivity index (χ3v) is 4.45. The van der Waals surface area contributed by atoms with E-state index in [1.54, 1.807) is 0 Å². The van der Waals surface area contributed by atoms with Crippen molar-refractivity contribution in [1.29, 1.82) is 0 Å². The number of nitrogens with one attached hydrogen (secondary N) is 1. The van der Waals surface area contributed by atoms with Gasteiger partial charge in [0.1, 0.15) is 0 Å². The molecule has 2 aliphatic rings. The number of fused-ring (bicyclic) bond motifs is 1. The lowest BCUT2D eigenvalue weighted by atomic mass is 9.98. The molecule has 1 aromatic rings. The van der Waals surface area contributed by atoms with Crippen molar-refractivity contribution in [2.24, 2.45) is 5.92 Å². The molecular weight excluding hydrogens is 208 g/mol. The molecule has 0 aromatic heterocycles. The lowest BCUT2D eigenvalue weighted by Crippen LogP contribution is -2.44. The van der Waals surface area contributed by atoms with Crippen molar-refractivity contribution < 1.29 is 0 Å². The monoisotopic (exact) mass is 230 g/mol. The van der Waals surface area contributed by atoms with E-state index in [1.807, 2.05) is 0 Å². The molecule has 3 unspecified atom stereocenters. The van der Waals surface area contributed by atoms with Crippen LogP contribution in [0.1, 0.15) is 25.8 Å². The van der Waals surface area contributed by atoms with Crippen molar-refractivity contribution in [2.75, 3.05) is 18.0 Å². The van der Waals surface area contributed by atoms with Gasteiger partial charge in [0.2, 0.25) is 0 Å². The Bertz CT molecular complexity index is 402. The van der Waals surface area contributed by atoms with Gasteiger partial charge in [-0.15, -0.1) is 0 Å². The first-order chi connectivity index (χ1) is 8.31. The largest absolute Gasteiger partial charge is 0.364 e. The van der Waals surface area contributed by atoms with E-state index in [2.05, 4.69) is 48.3 Å². The summed E-state index contributed by atoms with van der Waals surface area (Å²) in [5.41, 5.74) is 3.01. The molecule has 1 saturated heterocycles. The van der Waals surface area contributed by atoms with Crippen molar-refractivity contribution in [3.63, 3.8) is 0 Å². The van der Waals surface area contributed by atoms with Crippen LogP contribution in [0.25, 0.3) is 0 Å². The second-order valence-corrected chi connectivity index (χ2v) is 5.48. The van der Waals surface area contributed by atoms with Gasteiger partial charge >= 0.3 is 0 Å². The molecule has 3 atom stereocenters. The number of hydrogen-bond acceptors (Lipinski definition) is 2. The first-order valence-corrected chi connectivity index (χ1v) is 6.88. The van der Waals surface area contributed by atoms with Crippen molar-refractivity contribution in [1.82, 2.24) is 5.32 Å². The summed E-state index contributed by atoms with van der Waals surface area (Å²) in [6.07, 6.45) is 2.49. The Hall–Kier alpha value is -1.02. The molecule has 0 aliphatic carbocycles. The Morgan fingerprint density at radius 1 is 1.29 bits per heavy atom. The maximum atomic E-state index is 3.56. The van der Waals surface area contributed by atoms with Crippen LogP contribution in [0.5, 0.6) is 0 Å². The molecule has 0 saturated carbocycles. The minimum atomic E-state index is 0.659. The normalized spacial score (nSPS) is 31.9. The summed E-state index contributed by atoms with van der Waals surface area (Å²) < 4.78 is 0. The Labute approximate surface area is 104 Å². The van der Waals surface area contributed by atoms with Gasteiger partial charge in [-0.2, -0.15) is 0 Å². The van der Waals surface area contributed by atoms with Gasteiger partial charge in [0.05, 0.1) is 0 Å². The zero-order chi connectivity index (χ0) is 11.8. The molecule has 2 aliphatic heterocycles. The molecule has 0 radical (unpaired) electrons. The fourth-order valence-corrected chi connectivity index (χ4v) is 3.56. The van der Waals surface area contributed by atoms with E-state index in [0.29, 0.717) is 12.1 Å². The first-order valence-electron chi connectivity index (χ1n) is 6.88. The highest BCUT2D eigenvalue weighted by Crippen LogP contribution is 2.36. The van der Waals surface area contributed by atoms with E-state index in [4.69, 9.17) is 0 Å². The van der Waals surface area contributed by atoms with Gasteiger partial charge in [-0.05, 0) is 30.9 Å². The van der Waals surface area contributed by atoms with Crippen LogP contribution in [0.15, 0.2) is 24.3 Å². The predicted molar refractivity (Wildman–Crippen MR) is 72.5 cm³/mol. The summed E-state index contributed by atoms with van der Waals surface area (Å²) in [7, 11) is 0. The van der Waals surface area contributed by atoms with Gasteiger partial charge in [0, 0.05) is 30.9 Å². The molecule has 2 heterocycles. The molecule has 1 N–H and O–H groups in total. The van der Waals surface area contributed by atoms with Crippen molar-refractivity contribution in [3.8, 4) is 0 Å². The number of benzene rings is 1. The Morgan fingerprint density at radius 2 is 2.12 bits per heavy atom. The van der Waals surface area contributed by atoms with Crippen LogP contribution in [-0.2, 0) is 6.42 Å². The highest BCUT2D eigenvalue weighted by Gasteiger charge is 2.37. The summed E-state index contributed by atoms with van der Waals surface area (Å²) in [4.78, 5) is 2.67. The zero-order valence-electron chi connectivity index (χ0n) is 10.8.